The highest BCUT2D eigenvalue weighted by atomic mass is 19.3. The molecule has 0 spiro atoms. The highest BCUT2D eigenvalue weighted by Gasteiger charge is 2.35. The Kier molecular flexibility index (Phi) is 9.18. The Balaban J connectivity index is 1.18. The number of halogens is 2. The molecule has 1 aliphatic heterocycles. The van der Waals surface area contributed by atoms with Gasteiger partial charge >= 0.3 is 0 Å². The van der Waals surface area contributed by atoms with E-state index in [2.05, 4.69) is 31.2 Å². The molecule has 0 radical (unpaired) electrons. The van der Waals surface area contributed by atoms with E-state index in [1.54, 1.807) is 0 Å². The molecule has 4 rings (SSSR count). The predicted molar refractivity (Wildman–Crippen MR) is 132 cm³/mol. The maximum Gasteiger partial charge on any atom is 0.266 e. The van der Waals surface area contributed by atoms with Gasteiger partial charge in [0.05, 0.1) is 12.7 Å². The van der Waals surface area contributed by atoms with Crippen LogP contribution in [-0.4, -0.2) is 12.7 Å². The third-order valence-electron chi connectivity index (χ3n) is 8.71. The Hall–Kier alpha value is -1.48. The van der Waals surface area contributed by atoms with Gasteiger partial charge in [0.2, 0.25) is 0 Å². The molecule has 0 N–H and O–H groups in total. The summed E-state index contributed by atoms with van der Waals surface area (Å²) >= 11 is 0. The average Bonchev–Trinajstić information content (AvgIpc) is 2.87. The van der Waals surface area contributed by atoms with Crippen LogP contribution in [0, 0.1) is 23.7 Å². The van der Waals surface area contributed by atoms with Crippen LogP contribution in [0.4, 0.5) is 8.78 Å². The molecule has 182 valence electrons. The SMILES string of the molecule is CCC=CC1CCC(C2CCC(C3CCC(c4ccc(CC=C(F)F)cc4)CC3)CO2)CC1. The third-order valence-corrected chi connectivity index (χ3v) is 8.71. The maximum atomic E-state index is 12.3. The minimum atomic E-state index is -1.59. The van der Waals surface area contributed by atoms with E-state index in [-0.39, 0.29) is 0 Å². The number of hydrogen-bond acceptors (Lipinski definition) is 1. The lowest BCUT2D eigenvalue weighted by Crippen LogP contribution is -2.37. The Morgan fingerprint density at radius 3 is 2.12 bits per heavy atom. The minimum Gasteiger partial charge on any atom is -0.378 e. The van der Waals surface area contributed by atoms with Crippen molar-refractivity contribution in [2.24, 2.45) is 23.7 Å². The molecule has 33 heavy (non-hydrogen) atoms. The van der Waals surface area contributed by atoms with Crippen molar-refractivity contribution in [1.29, 1.82) is 0 Å². The Morgan fingerprint density at radius 2 is 1.52 bits per heavy atom. The molecule has 3 heteroatoms. The molecule has 1 heterocycles. The topological polar surface area (TPSA) is 9.23 Å². The van der Waals surface area contributed by atoms with Gasteiger partial charge in [0.25, 0.3) is 6.08 Å². The first-order chi connectivity index (χ1) is 16.1. The number of allylic oxidation sites excluding steroid dienone is 3. The summed E-state index contributed by atoms with van der Waals surface area (Å²) in [6, 6.07) is 8.35. The van der Waals surface area contributed by atoms with Gasteiger partial charge in [-0.05, 0) is 124 Å². The van der Waals surface area contributed by atoms with E-state index in [9.17, 15) is 8.78 Å². The van der Waals surface area contributed by atoms with Gasteiger partial charge in [-0.2, -0.15) is 8.78 Å². The summed E-state index contributed by atoms with van der Waals surface area (Å²) in [6.07, 6.45) is 19.3. The zero-order chi connectivity index (χ0) is 23.0. The molecule has 0 bridgehead atoms. The minimum absolute atomic E-state index is 0.315. The van der Waals surface area contributed by atoms with Crippen LogP contribution in [0.1, 0.15) is 94.6 Å². The monoisotopic (exact) mass is 456 g/mol. The fourth-order valence-electron chi connectivity index (χ4n) is 6.62. The summed E-state index contributed by atoms with van der Waals surface area (Å²) in [5, 5.41) is 0. The molecule has 3 aliphatic rings. The lowest BCUT2D eigenvalue weighted by atomic mass is 9.71. The molecule has 1 aromatic carbocycles. The highest BCUT2D eigenvalue weighted by Crippen LogP contribution is 2.43. The molecule has 3 fully saturated rings. The molecule has 2 unspecified atom stereocenters. The predicted octanol–water partition coefficient (Wildman–Crippen LogP) is 8.85. The first kappa shape index (κ1) is 24.6. The first-order valence-corrected chi connectivity index (χ1v) is 13.5. The lowest BCUT2D eigenvalue weighted by Gasteiger charge is -2.41. The van der Waals surface area contributed by atoms with Crippen molar-refractivity contribution in [3.05, 3.63) is 59.7 Å². The summed E-state index contributed by atoms with van der Waals surface area (Å²) < 4.78 is 31.1. The summed E-state index contributed by atoms with van der Waals surface area (Å²) in [5.74, 6) is 3.77. The van der Waals surface area contributed by atoms with E-state index < -0.39 is 6.08 Å². The second-order valence-corrected chi connectivity index (χ2v) is 10.8. The molecule has 0 aromatic heterocycles. The molecule has 1 nitrogen and oxygen atoms in total. The molecule has 0 amide bonds. The summed E-state index contributed by atoms with van der Waals surface area (Å²) in [6.45, 7) is 3.20. The van der Waals surface area contributed by atoms with Crippen LogP contribution < -0.4 is 0 Å². The third kappa shape index (κ3) is 7.01. The molecule has 1 saturated heterocycles. The molecule has 2 aliphatic carbocycles. The molecular formula is C30H42F2O. The molecule has 1 aromatic rings. The first-order valence-electron chi connectivity index (χ1n) is 13.5. The van der Waals surface area contributed by atoms with Gasteiger partial charge in [0.15, 0.2) is 0 Å². The summed E-state index contributed by atoms with van der Waals surface area (Å²) in [4.78, 5) is 0. The van der Waals surface area contributed by atoms with Crippen LogP contribution in [0.25, 0.3) is 0 Å². The summed E-state index contributed by atoms with van der Waals surface area (Å²) in [7, 11) is 0. The van der Waals surface area contributed by atoms with Crippen molar-refractivity contribution in [2.75, 3.05) is 6.61 Å². The van der Waals surface area contributed by atoms with Gasteiger partial charge in [0.1, 0.15) is 0 Å². The second-order valence-electron chi connectivity index (χ2n) is 10.8. The Labute approximate surface area is 199 Å². The van der Waals surface area contributed by atoms with Crippen molar-refractivity contribution in [1.82, 2.24) is 0 Å². The van der Waals surface area contributed by atoms with E-state index in [0.29, 0.717) is 18.4 Å². The van der Waals surface area contributed by atoms with Gasteiger partial charge in [-0.3, -0.25) is 0 Å². The van der Waals surface area contributed by atoms with Crippen LogP contribution in [0.2, 0.25) is 0 Å². The zero-order valence-electron chi connectivity index (χ0n) is 20.4. The van der Waals surface area contributed by atoms with Crippen LogP contribution in [0.3, 0.4) is 0 Å². The molecule has 2 atom stereocenters. The average molecular weight is 457 g/mol. The Morgan fingerprint density at radius 1 is 0.848 bits per heavy atom. The zero-order valence-corrected chi connectivity index (χ0v) is 20.4. The number of benzene rings is 1. The largest absolute Gasteiger partial charge is 0.378 e. The van der Waals surface area contributed by atoms with E-state index in [4.69, 9.17) is 4.74 Å². The summed E-state index contributed by atoms with van der Waals surface area (Å²) in [5.41, 5.74) is 2.34. The maximum absolute atomic E-state index is 12.3. The Bertz CT molecular complexity index is 755. The van der Waals surface area contributed by atoms with Crippen molar-refractivity contribution < 1.29 is 13.5 Å². The van der Waals surface area contributed by atoms with Crippen LogP contribution in [-0.2, 0) is 11.2 Å². The molecular weight excluding hydrogens is 414 g/mol. The quantitative estimate of drug-likeness (QED) is 0.372. The molecule has 2 saturated carbocycles. The van der Waals surface area contributed by atoms with E-state index in [0.717, 1.165) is 48.3 Å². The van der Waals surface area contributed by atoms with Crippen molar-refractivity contribution >= 4 is 0 Å². The number of ether oxygens (including phenoxy) is 1. The fraction of sp³-hybridized carbons (Fsp3) is 0.667. The van der Waals surface area contributed by atoms with Gasteiger partial charge in [-0.1, -0.05) is 43.3 Å². The van der Waals surface area contributed by atoms with Crippen LogP contribution in [0.5, 0.6) is 0 Å². The van der Waals surface area contributed by atoms with Gasteiger partial charge < -0.3 is 4.74 Å². The van der Waals surface area contributed by atoms with Crippen molar-refractivity contribution in [2.45, 2.75) is 96.0 Å². The van der Waals surface area contributed by atoms with Crippen LogP contribution >= 0.6 is 0 Å². The van der Waals surface area contributed by atoms with Gasteiger partial charge in [-0.25, -0.2) is 0 Å². The van der Waals surface area contributed by atoms with Crippen molar-refractivity contribution in [3.8, 4) is 0 Å². The van der Waals surface area contributed by atoms with E-state index >= 15 is 0 Å². The van der Waals surface area contributed by atoms with E-state index in [1.165, 1.54) is 69.8 Å². The normalized spacial score (nSPS) is 33.2. The number of hydrogen-bond donors (Lipinski definition) is 0. The van der Waals surface area contributed by atoms with Gasteiger partial charge in [-0.15, -0.1) is 0 Å². The highest BCUT2D eigenvalue weighted by molar-refractivity contribution is 5.27. The fourth-order valence-corrected chi connectivity index (χ4v) is 6.62. The number of rotatable bonds is 7. The standard InChI is InChI=1S/C30H42F2O/c1-2-3-4-22-7-12-27(13-8-22)29-19-18-28(21-33-29)26-16-14-25(15-17-26)24-10-5-23(6-11-24)9-20-30(31)32/h3-6,10-11,20,22,25-29H,2,7-9,12-19,21H2,1H3. The van der Waals surface area contributed by atoms with Crippen molar-refractivity contribution in [3.63, 3.8) is 0 Å². The van der Waals surface area contributed by atoms with Crippen LogP contribution in [0.15, 0.2) is 48.6 Å². The smallest absolute Gasteiger partial charge is 0.266 e. The second kappa shape index (κ2) is 12.3. The lowest BCUT2D eigenvalue weighted by molar-refractivity contribution is -0.0721. The van der Waals surface area contributed by atoms with E-state index in [1.807, 2.05) is 12.1 Å². The van der Waals surface area contributed by atoms with Gasteiger partial charge in [0, 0.05) is 0 Å².